The molecule has 1 heterocycles. The summed E-state index contributed by atoms with van der Waals surface area (Å²) in [5.74, 6) is 1.39. The van der Waals surface area contributed by atoms with Crippen LogP contribution >= 0.6 is 11.8 Å². The van der Waals surface area contributed by atoms with Crippen molar-refractivity contribution in [1.29, 1.82) is 0 Å². The third-order valence-corrected chi connectivity index (χ3v) is 5.19. The van der Waals surface area contributed by atoms with Crippen molar-refractivity contribution in [2.24, 2.45) is 10.9 Å². The van der Waals surface area contributed by atoms with Gasteiger partial charge in [-0.05, 0) is 30.5 Å². The molecular weight excluding hydrogens is 270 g/mol. The van der Waals surface area contributed by atoms with Gasteiger partial charge < -0.3 is 10.9 Å². The summed E-state index contributed by atoms with van der Waals surface area (Å²) in [6.45, 7) is 7.65. The number of oxime groups is 1. The van der Waals surface area contributed by atoms with Crippen molar-refractivity contribution in [1.82, 2.24) is 4.90 Å². The van der Waals surface area contributed by atoms with Crippen molar-refractivity contribution < 1.29 is 5.21 Å². The Bertz CT molecular complexity index is 490. The first-order valence-corrected chi connectivity index (χ1v) is 8.10. The molecule has 5 heteroatoms. The molecule has 1 atom stereocenters. The second kappa shape index (κ2) is 6.99. The molecular formula is C15H23N3OS. The number of thioether (sulfide) groups is 1. The van der Waals surface area contributed by atoms with Crippen LogP contribution in [-0.4, -0.2) is 40.0 Å². The minimum absolute atomic E-state index is 0.167. The first kappa shape index (κ1) is 15.2. The highest BCUT2D eigenvalue weighted by atomic mass is 32.2. The Kier molecular flexibility index (Phi) is 5.31. The maximum Gasteiger partial charge on any atom is 0.170 e. The van der Waals surface area contributed by atoms with Gasteiger partial charge in [-0.3, -0.25) is 4.90 Å². The summed E-state index contributed by atoms with van der Waals surface area (Å²) in [5, 5.41) is 12.5. The molecule has 1 aromatic carbocycles. The minimum atomic E-state index is 0.167. The van der Waals surface area contributed by atoms with Gasteiger partial charge in [0, 0.05) is 36.2 Å². The number of aryl methyl sites for hydroxylation is 1. The Labute approximate surface area is 125 Å². The van der Waals surface area contributed by atoms with Gasteiger partial charge in [0.25, 0.3) is 0 Å². The van der Waals surface area contributed by atoms with Crippen molar-refractivity contribution >= 4 is 17.6 Å². The number of hydrogen-bond donors (Lipinski definition) is 2. The summed E-state index contributed by atoms with van der Waals surface area (Å²) < 4.78 is 0. The van der Waals surface area contributed by atoms with E-state index in [1.165, 1.54) is 29.8 Å². The van der Waals surface area contributed by atoms with Crippen LogP contribution in [0.5, 0.6) is 0 Å². The molecule has 3 N–H and O–H groups in total. The first-order valence-electron chi connectivity index (χ1n) is 7.05. The molecule has 1 aliphatic heterocycles. The quantitative estimate of drug-likeness (QED) is 0.387. The molecule has 20 heavy (non-hydrogen) atoms. The summed E-state index contributed by atoms with van der Waals surface area (Å²) in [6.07, 6.45) is 1.24. The van der Waals surface area contributed by atoms with Crippen LogP contribution in [0.4, 0.5) is 0 Å². The van der Waals surface area contributed by atoms with E-state index in [0.717, 1.165) is 23.9 Å². The first-order chi connectivity index (χ1) is 9.63. The van der Waals surface area contributed by atoms with Gasteiger partial charge in [0.1, 0.15) is 0 Å². The van der Waals surface area contributed by atoms with Gasteiger partial charge in [-0.1, -0.05) is 24.2 Å². The van der Waals surface area contributed by atoms with Crippen LogP contribution in [0.1, 0.15) is 30.0 Å². The van der Waals surface area contributed by atoms with Gasteiger partial charge in [-0.2, -0.15) is 11.8 Å². The summed E-state index contributed by atoms with van der Waals surface area (Å²) in [5.41, 5.74) is 8.91. The number of nitrogens with zero attached hydrogens (tertiary/aromatic N) is 2. The fourth-order valence-electron chi connectivity index (χ4n) is 2.50. The van der Waals surface area contributed by atoms with Gasteiger partial charge >= 0.3 is 0 Å². The number of rotatable bonds is 4. The number of nitrogens with two attached hydrogens (primary N) is 1. The summed E-state index contributed by atoms with van der Waals surface area (Å²) >= 11 is 2.09. The lowest BCUT2D eigenvalue weighted by atomic mass is 10.0. The van der Waals surface area contributed by atoms with E-state index in [2.05, 4.69) is 41.7 Å². The zero-order valence-electron chi connectivity index (χ0n) is 12.2. The van der Waals surface area contributed by atoms with Gasteiger partial charge in [-0.15, -0.1) is 0 Å². The lowest BCUT2D eigenvalue weighted by Crippen LogP contribution is -2.37. The molecule has 2 rings (SSSR count). The van der Waals surface area contributed by atoms with E-state index < -0.39 is 0 Å². The van der Waals surface area contributed by atoms with Crippen molar-refractivity contribution in [2.45, 2.75) is 32.1 Å². The van der Waals surface area contributed by atoms with Crippen LogP contribution in [0, 0.1) is 6.92 Å². The van der Waals surface area contributed by atoms with Crippen LogP contribution in [0.25, 0.3) is 0 Å². The van der Waals surface area contributed by atoms with Crippen molar-refractivity contribution in [2.75, 3.05) is 18.8 Å². The Morgan fingerprint density at radius 1 is 1.55 bits per heavy atom. The highest BCUT2D eigenvalue weighted by molar-refractivity contribution is 8.00. The largest absolute Gasteiger partial charge is 0.409 e. The molecule has 0 aliphatic carbocycles. The third kappa shape index (κ3) is 3.67. The van der Waals surface area contributed by atoms with Crippen LogP contribution in [0.3, 0.4) is 0 Å². The standard InChI is InChI=1S/C15H23N3OS/c1-3-14-10-18(6-7-20-14)9-13-5-4-12(8-11(13)2)15(16)17-19/h4-5,8,14,19H,3,6-7,9-10H2,1-2H3,(H2,16,17). The van der Waals surface area contributed by atoms with E-state index in [4.69, 9.17) is 10.9 Å². The molecule has 0 radical (unpaired) electrons. The monoisotopic (exact) mass is 293 g/mol. The molecule has 4 nitrogen and oxygen atoms in total. The second-order valence-corrected chi connectivity index (χ2v) is 6.67. The van der Waals surface area contributed by atoms with Crippen LogP contribution in [-0.2, 0) is 6.54 Å². The average molecular weight is 293 g/mol. The van der Waals surface area contributed by atoms with E-state index in [1.54, 1.807) is 0 Å². The number of benzene rings is 1. The molecule has 0 saturated carbocycles. The van der Waals surface area contributed by atoms with Crippen molar-refractivity contribution in [3.05, 3.63) is 34.9 Å². The molecule has 110 valence electrons. The Balaban J connectivity index is 2.06. The van der Waals surface area contributed by atoms with Gasteiger partial charge in [0.15, 0.2) is 5.84 Å². The average Bonchev–Trinajstić information content (AvgIpc) is 2.48. The molecule has 1 aromatic rings. The maximum atomic E-state index is 8.72. The Morgan fingerprint density at radius 2 is 2.35 bits per heavy atom. The highest BCUT2D eigenvalue weighted by Gasteiger charge is 2.19. The lowest BCUT2D eigenvalue weighted by Gasteiger charge is -2.32. The summed E-state index contributed by atoms with van der Waals surface area (Å²) in [7, 11) is 0. The minimum Gasteiger partial charge on any atom is -0.409 e. The van der Waals surface area contributed by atoms with Gasteiger partial charge in [-0.25, -0.2) is 0 Å². The summed E-state index contributed by atoms with van der Waals surface area (Å²) in [6, 6.07) is 6.00. The predicted molar refractivity (Wildman–Crippen MR) is 85.5 cm³/mol. The fourth-order valence-corrected chi connectivity index (χ4v) is 3.75. The zero-order chi connectivity index (χ0) is 14.5. The van der Waals surface area contributed by atoms with E-state index in [9.17, 15) is 0 Å². The predicted octanol–water partition coefficient (Wildman–Crippen LogP) is 2.42. The topological polar surface area (TPSA) is 61.8 Å². The van der Waals surface area contributed by atoms with E-state index in [1.807, 2.05) is 12.1 Å². The maximum absolute atomic E-state index is 8.72. The highest BCUT2D eigenvalue weighted by Crippen LogP contribution is 2.23. The number of amidine groups is 1. The van der Waals surface area contributed by atoms with Crippen molar-refractivity contribution in [3.63, 3.8) is 0 Å². The fraction of sp³-hybridized carbons (Fsp3) is 0.533. The molecule has 0 amide bonds. The molecule has 0 spiro atoms. The van der Waals surface area contributed by atoms with Crippen molar-refractivity contribution in [3.8, 4) is 0 Å². The smallest absolute Gasteiger partial charge is 0.170 e. The third-order valence-electron chi connectivity index (χ3n) is 3.82. The normalized spacial score (nSPS) is 21.1. The molecule has 0 aromatic heterocycles. The molecule has 1 fully saturated rings. The van der Waals surface area contributed by atoms with E-state index >= 15 is 0 Å². The lowest BCUT2D eigenvalue weighted by molar-refractivity contribution is 0.272. The molecule has 1 unspecified atom stereocenters. The van der Waals surface area contributed by atoms with Gasteiger partial charge in [0.05, 0.1) is 0 Å². The SMILES string of the molecule is CCC1CN(Cc2ccc(/C(N)=N/O)cc2C)CCS1. The Morgan fingerprint density at radius 3 is 3.00 bits per heavy atom. The van der Waals surface area contributed by atoms with Gasteiger partial charge in [0.2, 0.25) is 0 Å². The van der Waals surface area contributed by atoms with E-state index in [0.29, 0.717) is 0 Å². The Hall–Kier alpha value is -1.20. The van der Waals surface area contributed by atoms with E-state index in [-0.39, 0.29) is 5.84 Å². The molecule has 1 aliphatic rings. The summed E-state index contributed by atoms with van der Waals surface area (Å²) in [4.78, 5) is 2.52. The molecule has 0 bridgehead atoms. The number of hydrogen-bond acceptors (Lipinski definition) is 4. The van der Waals surface area contributed by atoms with Crippen LogP contribution in [0.2, 0.25) is 0 Å². The van der Waals surface area contributed by atoms with Crippen LogP contribution in [0.15, 0.2) is 23.4 Å². The zero-order valence-corrected chi connectivity index (χ0v) is 13.0. The second-order valence-electron chi connectivity index (χ2n) is 5.26. The molecule has 1 saturated heterocycles. The van der Waals surface area contributed by atoms with Crippen LogP contribution < -0.4 is 5.73 Å².